The summed E-state index contributed by atoms with van der Waals surface area (Å²) in [5, 5.41) is 0.325. The molecule has 0 spiro atoms. The van der Waals surface area contributed by atoms with Crippen molar-refractivity contribution in [3.8, 4) is 0 Å². The van der Waals surface area contributed by atoms with E-state index < -0.39 is 11.9 Å². The number of nitrogens with two attached hydrogens (primary N) is 1. The monoisotopic (exact) mass is 345 g/mol. The third kappa shape index (κ3) is 3.75. The topological polar surface area (TPSA) is 26.0 Å². The van der Waals surface area contributed by atoms with Crippen molar-refractivity contribution >= 4 is 27.5 Å². The molecule has 1 nitrogen and oxygen atoms in total. The molecule has 0 saturated heterocycles. The van der Waals surface area contributed by atoms with Crippen LogP contribution in [-0.4, -0.2) is 0 Å². The molecular weight excluding hydrogens is 336 g/mol. The van der Waals surface area contributed by atoms with Crippen LogP contribution in [0.1, 0.15) is 17.2 Å². The van der Waals surface area contributed by atoms with Gasteiger partial charge in [0.05, 0.1) is 0 Å². The summed E-state index contributed by atoms with van der Waals surface area (Å²) in [7, 11) is 0. The van der Waals surface area contributed by atoms with E-state index in [-0.39, 0.29) is 5.82 Å². The quantitative estimate of drug-likeness (QED) is 0.862. The molecule has 0 aromatic heterocycles. The first-order valence-electron chi connectivity index (χ1n) is 5.61. The standard InChI is InChI=1S/C14H11BrClF2N/c15-10-3-9(4-12(18)6-10)14(19)5-8-1-2-11(17)7-13(8)16/h1-4,6-7,14H,5,19H2. The molecule has 0 aliphatic heterocycles. The normalized spacial score (nSPS) is 12.5. The summed E-state index contributed by atoms with van der Waals surface area (Å²) in [4.78, 5) is 0. The van der Waals surface area contributed by atoms with E-state index in [9.17, 15) is 8.78 Å². The van der Waals surface area contributed by atoms with Crippen LogP contribution in [0.4, 0.5) is 8.78 Å². The number of hydrogen-bond acceptors (Lipinski definition) is 1. The van der Waals surface area contributed by atoms with Gasteiger partial charge in [-0.3, -0.25) is 0 Å². The van der Waals surface area contributed by atoms with Crippen molar-refractivity contribution in [2.75, 3.05) is 0 Å². The van der Waals surface area contributed by atoms with Crippen molar-refractivity contribution in [2.24, 2.45) is 5.73 Å². The molecule has 0 aliphatic carbocycles. The maximum Gasteiger partial charge on any atom is 0.124 e. The van der Waals surface area contributed by atoms with Crippen LogP contribution < -0.4 is 5.73 Å². The van der Waals surface area contributed by atoms with E-state index in [1.54, 1.807) is 12.1 Å². The number of rotatable bonds is 3. The lowest BCUT2D eigenvalue weighted by Gasteiger charge is -2.14. The second-order valence-corrected chi connectivity index (χ2v) is 5.57. The fraction of sp³-hybridized carbons (Fsp3) is 0.143. The van der Waals surface area contributed by atoms with Crippen LogP contribution in [0.15, 0.2) is 40.9 Å². The zero-order chi connectivity index (χ0) is 14.0. The maximum atomic E-state index is 13.3. The van der Waals surface area contributed by atoms with Crippen molar-refractivity contribution in [3.05, 3.63) is 68.7 Å². The molecule has 2 rings (SSSR count). The molecule has 0 fully saturated rings. The first-order valence-corrected chi connectivity index (χ1v) is 6.78. The largest absolute Gasteiger partial charge is 0.324 e. The van der Waals surface area contributed by atoms with Gasteiger partial charge < -0.3 is 5.73 Å². The Hall–Kier alpha value is -0.970. The molecule has 19 heavy (non-hydrogen) atoms. The maximum absolute atomic E-state index is 13.3. The third-order valence-corrected chi connectivity index (χ3v) is 3.58. The van der Waals surface area contributed by atoms with E-state index in [1.807, 2.05) is 0 Å². The Kier molecular flexibility index (Phi) is 4.55. The van der Waals surface area contributed by atoms with Gasteiger partial charge >= 0.3 is 0 Å². The highest BCUT2D eigenvalue weighted by molar-refractivity contribution is 9.10. The fourth-order valence-electron chi connectivity index (χ4n) is 1.83. The minimum atomic E-state index is -0.407. The summed E-state index contributed by atoms with van der Waals surface area (Å²) in [6, 6.07) is 8.25. The van der Waals surface area contributed by atoms with Gasteiger partial charge in [0.15, 0.2) is 0 Å². The summed E-state index contributed by atoms with van der Waals surface area (Å²) < 4.78 is 26.9. The summed E-state index contributed by atoms with van der Waals surface area (Å²) in [6.07, 6.45) is 0.412. The predicted octanol–water partition coefficient (Wildman–Crippen LogP) is 4.62. The Morgan fingerprint density at radius 2 is 1.84 bits per heavy atom. The lowest BCUT2D eigenvalue weighted by atomic mass is 9.99. The Bertz CT molecular complexity index is 584. The lowest BCUT2D eigenvalue weighted by Crippen LogP contribution is -2.14. The zero-order valence-electron chi connectivity index (χ0n) is 9.84. The zero-order valence-corrected chi connectivity index (χ0v) is 12.2. The molecule has 0 bridgehead atoms. The molecule has 5 heteroatoms. The van der Waals surface area contributed by atoms with Crippen molar-refractivity contribution < 1.29 is 8.78 Å². The molecular formula is C14H11BrClF2N. The van der Waals surface area contributed by atoms with Crippen LogP contribution in [0.2, 0.25) is 5.02 Å². The average molecular weight is 347 g/mol. The molecule has 100 valence electrons. The van der Waals surface area contributed by atoms with Crippen molar-refractivity contribution in [3.63, 3.8) is 0 Å². The van der Waals surface area contributed by atoms with Gasteiger partial charge in [0.1, 0.15) is 11.6 Å². The smallest absolute Gasteiger partial charge is 0.124 e. The van der Waals surface area contributed by atoms with E-state index in [4.69, 9.17) is 17.3 Å². The van der Waals surface area contributed by atoms with E-state index in [2.05, 4.69) is 15.9 Å². The molecule has 2 aromatic carbocycles. The van der Waals surface area contributed by atoms with E-state index in [0.29, 0.717) is 21.5 Å². The van der Waals surface area contributed by atoms with E-state index >= 15 is 0 Å². The second-order valence-electron chi connectivity index (χ2n) is 4.25. The average Bonchev–Trinajstić information content (AvgIpc) is 2.31. The molecule has 2 N–H and O–H groups in total. The van der Waals surface area contributed by atoms with Crippen molar-refractivity contribution in [1.29, 1.82) is 0 Å². The molecule has 0 saturated carbocycles. The Morgan fingerprint density at radius 3 is 2.47 bits per heavy atom. The summed E-state index contributed by atoms with van der Waals surface area (Å²) in [5.41, 5.74) is 7.42. The van der Waals surface area contributed by atoms with E-state index in [0.717, 1.165) is 5.56 Å². The second kappa shape index (κ2) is 5.99. The van der Waals surface area contributed by atoms with Gasteiger partial charge in [0.2, 0.25) is 0 Å². The number of halogens is 4. The van der Waals surface area contributed by atoms with Gasteiger partial charge in [-0.05, 0) is 47.9 Å². The summed E-state index contributed by atoms with van der Waals surface area (Å²) in [5.74, 6) is -0.749. The molecule has 0 amide bonds. The number of benzene rings is 2. The SMILES string of the molecule is NC(Cc1ccc(F)cc1Cl)c1cc(F)cc(Br)c1. The van der Waals surface area contributed by atoms with E-state index in [1.165, 1.54) is 24.3 Å². The van der Waals surface area contributed by atoms with Crippen LogP contribution in [-0.2, 0) is 6.42 Å². The van der Waals surface area contributed by atoms with Gasteiger partial charge in [0.25, 0.3) is 0 Å². The molecule has 1 atom stereocenters. The Balaban J connectivity index is 2.22. The minimum absolute atomic E-state index is 0.325. The summed E-state index contributed by atoms with van der Waals surface area (Å²) >= 11 is 9.16. The number of hydrogen-bond donors (Lipinski definition) is 1. The van der Waals surface area contributed by atoms with Gasteiger partial charge in [0, 0.05) is 15.5 Å². The van der Waals surface area contributed by atoms with Crippen LogP contribution in [0.3, 0.4) is 0 Å². The van der Waals surface area contributed by atoms with Crippen LogP contribution >= 0.6 is 27.5 Å². The van der Waals surface area contributed by atoms with Gasteiger partial charge in [-0.25, -0.2) is 8.78 Å². The first kappa shape index (κ1) is 14.4. The first-order chi connectivity index (χ1) is 8.95. The highest BCUT2D eigenvalue weighted by Gasteiger charge is 2.12. The van der Waals surface area contributed by atoms with Gasteiger partial charge in [-0.2, -0.15) is 0 Å². The Morgan fingerprint density at radius 1 is 1.11 bits per heavy atom. The highest BCUT2D eigenvalue weighted by Crippen LogP contribution is 2.25. The van der Waals surface area contributed by atoms with Gasteiger partial charge in [-0.1, -0.05) is 33.6 Å². The minimum Gasteiger partial charge on any atom is -0.324 e. The fourth-order valence-corrected chi connectivity index (χ4v) is 2.56. The van der Waals surface area contributed by atoms with Crippen LogP contribution in [0.25, 0.3) is 0 Å². The molecule has 2 aromatic rings. The van der Waals surface area contributed by atoms with Crippen molar-refractivity contribution in [2.45, 2.75) is 12.5 Å². The lowest BCUT2D eigenvalue weighted by molar-refractivity contribution is 0.616. The third-order valence-electron chi connectivity index (χ3n) is 2.77. The molecule has 0 radical (unpaired) electrons. The predicted molar refractivity (Wildman–Crippen MR) is 76.1 cm³/mol. The highest BCUT2D eigenvalue weighted by atomic mass is 79.9. The Labute approximate surface area is 123 Å². The van der Waals surface area contributed by atoms with Crippen LogP contribution in [0, 0.1) is 11.6 Å². The molecule has 0 aliphatic rings. The summed E-state index contributed by atoms with van der Waals surface area (Å²) in [6.45, 7) is 0. The van der Waals surface area contributed by atoms with Crippen molar-refractivity contribution in [1.82, 2.24) is 0 Å². The molecule has 0 heterocycles. The molecule has 1 unspecified atom stereocenters. The van der Waals surface area contributed by atoms with Gasteiger partial charge in [-0.15, -0.1) is 0 Å². The van der Waals surface area contributed by atoms with Crippen LogP contribution in [0.5, 0.6) is 0 Å².